The van der Waals surface area contributed by atoms with E-state index in [4.69, 9.17) is 4.74 Å². The van der Waals surface area contributed by atoms with Gasteiger partial charge in [-0.3, -0.25) is 9.80 Å². The molecule has 47 heavy (non-hydrogen) atoms. The topological polar surface area (TPSA) is 56.2 Å². The van der Waals surface area contributed by atoms with Crippen LogP contribution in [0.5, 0.6) is 11.5 Å². The fourth-order valence-corrected chi connectivity index (χ4v) is 10.2. The van der Waals surface area contributed by atoms with Gasteiger partial charge in [-0.2, -0.15) is 0 Å². The van der Waals surface area contributed by atoms with Gasteiger partial charge in [0.2, 0.25) is 0 Å². The van der Waals surface area contributed by atoms with Gasteiger partial charge in [0.05, 0.1) is 11.0 Å². The first-order valence-corrected chi connectivity index (χ1v) is 18.9. The first kappa shape index (κ1) is 31.4. The van der Waals surface area contributed by atoms with Crippen molar-refractivity contribution in [1.82, 2.24) is 9.80 Å². The van der Waals surface area contributed by atoms with E-state index >= 15 is 0 Å². The number of phenolic OH excluding ortho intramolecular Hbond substituents is 1. The van der Waals surface area contributed by atoms with Gasteiger partial charge < -0.3 is 14.9 Å². The summed E-state index contributed by atoms with van der Waals surface area (Å²) in [5.74, 6) is 1.73. The minimum atomic E-state index is -0.816. The third-order valence-corrected chi connectivity index (χ3v) is 12.7. The van der Waals surface area contributed by atoms with E-state index in [1.165, 1.54) is 61.6 Å². The van der Waals surface area contributed by atoms with Crippen molar-refractivity contribution < 1.29 is 14.9 Å². The number of phenols is 1. The summed E-state index contributed by atoms with van der Waals surface area (Å²) in [5.41, 5.74) is 4.05. The Morgan fingerprint density at radius 2 is 1.43 bits per heavy atom. The van der Waals surface area contributed by atoms with Crippen LogP contribution in [0.25, 0.3) is 0 Å². The van der Waals surface area contributed by atoms with Gasteiger partial charge in [-0.15, -0.1) is 0 Å². The van der Waals surface area contributed by atoms with Crippen LogP contribution >= 0.6 is 0 Å². The molecule has 0 amide bonds. The lowest BCUT2D eigenvalue weighted by molar-refractivity contribution is -0.200. The summed E-state index contributed by atoms with van der Waals surface area (Å²) in [4.78, 5) is 5.40. The van der Waals surface area contributed by atoms with Gasteiger partial charge in [0, 0.05) is 24.2 Å². The normalized spacial score (nSPS) is 29.1. The summed E-state index contributed by atoms with van der Waals surface area (Å²) in [6, 6.07) is 26.1. The molecule has 2 saturated carbocycles. The number of rotatable bonds is 15. The summed E-state index contributed by atoms with van der Waals surface area (Å²) in [7, 11) is 0. The number of hydrogen-bond acceptors (Lipinski definition) is 5. The Morgan fingerprint density at radius 3 is 2.13 bits per heavy atom. The van der Waals surface area contributed by atoms with Crippen LogP contribution in [0.4, 0.5) is 0 Å². The second kappa shape index (κ2) is 13.2. The molecule has 5 atom stereocenters. The Labute approximate surface area is 281 Å². The third-order valence-electron chi connectivity index (χ3n) is 12.7. The molecule has 0 unspecified atom stereocenters. The lowest BCUT2D eigenvalue weighted by Crippen LogP contribution is -2.78. The Hall–Kier alpha value is -2.86. The van der Waals surface area contributed by atoms with E-state index in [1.807, 2.05) is 6.07 Å². The zero-order valence-electron chi connectivity index (χ0n) is 28.2. The zero-order valence-corrected chi connectivity index (χ0v) is 28.2. The predicted molar refractivity (Wildman–Crippen MR) is 188 cm³/mol. The highest BCUT2D eigenvalue weighted by Crippen LogP contribution is 2.66. The number of ether oxygens (including phenoxy) is 1. The average Bonchev–Trinajstić information content (AvgIpc) is 3.84. The summed E-state index contributed by atoms with van der Waals surface area (Å²) in [6.45, 7) is 4.27. The monoisotopic (exact) mass is 634 g/mol. The minimum absolute atomic E-state index is 0.124. The molecular formula is C42H54N2O3. The van der Waals surface area contributed by atoms with Crippen molar-refractivity contribution in [3.63, 3.8) is 0 Å². The molecule has 5 nitrogen and oxygen atoms in total. The van der Waals surface area contributed by atoms with Crippen molar-refractivity contribution in [2.45, 2.75) is 119 Å². The van der Waals surface area contributed by atoms with E-state index in [9.17, 15) is 10.2 Å². The molecule has 8 rings (SSSR count). The fourth-order valence-electron chi connectivity index (χ4n) is 10.2. The molecule has 0 aromatic heterocycles. The first-order valence-electron chi connectivity index (χ1n) is 18.9. The number of nitrogens with zero attached hydrogens (tertiary/aromatic N) is 2. The van der Waals surface area contributed by atoms with Crippen LogP contribution in [0.3, 0.4) is 0 Å². The molecule has 3 aliphatic carbocycles. The molecular weight excluding hydrogens is 580 g/mol. The number of benzene rings is 3. The van der Waals surface area contributed by atoms with Gasteiger partial charge in [-0.25, -0.2) is 0 Å². The standard InChI is InChI=1S/C42H54N2O3/c45-36-22-21-34-29-37-42(46)24-23-35(40-41(42,38(34)39(36)47-40)25-28-44(37)30-33-19-20-33)43(27-12-10-18-32-16-8-4-9-17-32)26-11-2-1-5-13-31-14-6-3-7-15-31/h3-4,6-9,14-17,21-22,33,35,37,40,45-46H,1-2,5,10-13,18-20,23-30H2/t35-,37+,40-,41-,42+/m0/s1. The summed E-state index contributed by atoms with van der Waals surface area (Å²) in [5, 5.41) is 24.1. The van der Waals surface area contributed by atoms with Crippen molar-refractivity contribution in [3.05, 3.63) is 95.1 Å². The van der Waals surface area contributed by atoms with E-state index < -0.39 is 11.0 Å². The molecule has 250 valence electrons. The van der Waals surface area contributed by atoms with E-state index in [-0.39, 0.29) is 23.9 Å². The van der Waals surface area contributed by atoms with Crippen molar-refractivity contribution in [3.8, 4) is 11.5 Å². The fraction of sp³-hybridized carbons (Fsp3) is 0.571. The summed E-state index contributed by atoms with van der Waals surface area (Å²) in [6.07, 6.45) is 15.6. The predicted octanol–water partition coefficient (Wildman–Crippen LogP) is 7.45. The SMILES string of the molecule is Oc1ccc2c3c1O[C@H]1[C@@H](N(CCCCCCc4ccccc4)CCCCc4ccccc4)CC[C@@]4(O)[C@@H](C2)N(CC2CC2)CC[C@]314. The molecule has 5 aliphatic rings. The Bertz CT molecular complexity index is 1510. The number of aliphatic hydroxyl groups is 1. The van der Waals surface area contributed by atoms with Gasteiger partial charge in [0.15, 0.2) is 11.5 Å². The van der Waals surface area contributed by atoms with Crippen LogP contribution in [0.15, 0.2) is 72.8 Å². The highest BCUT2D eigenvalue weighted by Gasteiger charge is 2.73. The van der Waals surface area contributed by atoms with Crippen molar-refractivity contribution in [1.29, 1.82) is 0 Å². The Kier molecular flexibility index (Phi) is 8.83. The maximum absolute atomic E-state index is 13.0. The molecule has 3 aromatic carbocycles. The molecule has 1 saturated heterocycles. The second-order valence-electron chi connectivity index (χ2n) is 15.5. The molecule has 3 fully saturated rings. The van der Waals surface area contributed by atoms with E-state index in [2.05, 4.69) is 76.5 Å². The van der Waals surface area contributed by atoms with Gasteiger partial charge in [0.25, 0.3) is 0 Å². The largest absolute Gasteiger partial charge is 0.504 e. The van der Waals surface area contributed by atoms with Crippen LogP contribution in [-0.2, 0) is 24.7 Å². The van der Waals surface area contributed by atoms with Crippen LogP contribution in [0.2, 0.25) is 0 Å². The quantitative estimate of drug-likeness (QED) is 0.170. The number of unbranched alkanes of at least 4 members (excludes halogenated alkanes) is 4. The van der Waals surface area contributed by atoms with Crippen molar-refractivity contribution in [2.24, 2.45) is 5.92 Å². The summed E-state index contributed by atoms with van der Waals surface area (Å²) < 4.78 is 7.00. The Balaban J connectivity index is 1.01. The highest BCUT2D eigenvalue weighted by atomic mass is 16.5. The minimum Gasteiger partial charge on any atom is -0.504 e. The van der Waals surface area contributed by atoms with E-state index in [0.29, 0.717) is 5.75 Å². The average molecular weight is 635 g/mol. The van der Waals surface area contributed by atoms with Crippen molar-refractivity contribution >= 4 is 0 Å². The van der Waals surface area contributed by atoms with Gasteiger partial charge in [0.1, 0.15) is 6.10 Å². The number of aryl methyl sites for hydroxylation is 2. The van der Waals surface area contributed by atoms with Crippen molar-refractivity contribution in [2.75, 3.05) is 26.2 Å². The first-order chi connectivity index (χ1) is 23.1. The molecule has 1 spiro atoms. The number of aromatic hydroxyl groups is 1. The van der Waals surface area contributed by atoms with Crippen LogP contribution < -0.4 is 4.74 Å². The van der Waals surface area contributed by atoms with Crippen LogP contribution in [-0.4, -0.2) is 70.0 Å². The maximum atomic E-state index is 13.0. The molecule has 2 heterocycles. The molecule has 2 N–H and O–H groups in total. The van der Waals surface area contributed by atoms with Gasteiger partial charge in [-0.05, 0) is 125 Å². The second-order valence-corrected chi connectivity index (χ2v) is 15.5. The van der Waals surface area contributed by atoms with Gasteiger partial charge >= 0.3 is 0 Å². The van der Waals surface area contributed by atoms with E-state index in [0.717, 1.165) is 82.6 Å². The lowest BCUT2D eigenvalue weighted by atomic mass is 9.48. The molecule has 5 heteroatoms. The van der Waals surface area contributed by atoms with Gasteiger partial charge in [-0.1, -0.05) is 79.6 Å². The molecule has 3 aromatic rings. The lowest BCUT2D eigenvalue weighted by Gasteiger charge is -2.65. The smallest absolute Gasteiger partial charge is 0.165 e. The van der Waals surface area contributed by atoms with Crippen LogP contribution in [0.1, 0.15) is 92.9 Å². The summed E-state index contributed by atoms with van der Waals surface area (Å²) >= 11 is 0. The number of piperidine rings is 1. The molecule has 2 aliphatic heterocycles. The maximum Gasteiger partial charge on any atom is 0.165 e. The molecule has 0 radical (unpaired) electrons. The number of hydrogen-bond donors (Lipinski definition) is 2. The van der Waals surface area contributed by atoms with E-state index in [1.54, 1.807) is 0 Å². The highest BCUT2D eigenvalue weighted by molar-refractivity contribution is 5.62. The van der Waals surface area contributed by atoms with Crippen LogP contribution in [0, 0.1) is 5.92 Å². The Morgan fingerprint density at radius 1 is 0.766 bits per heavy atom. The zero-order chi connectivity index (χ0) is 31.8. The third kappa shape index (κ3) is 5.81. The number of likely N-dealkylation sites (tertiary alicyclic amines) is 1. The molecule has 2 bridgehead atoms.